The molecule has 0 unspecified atom stereocenters. The fourth-order valence-electron chi connectivity index (χ4n) is 1.04. The number of nitrogens with two attached hydrogens (primary N) is 1. The fourth-order valence-corrected chi connectivity index (χ4v) is 1.28. The van der Waals surface area contributed by atoms with Gasteiger partial charge in [0.1, 0.15) is 5.02 Å². The molecule has 0 amide bonds. The Hall–Kier alpha value is -1.65. The zero-order chi connectivity index (χ0) is 16.4. The number of pyridine rings is 1. The maximum atomic E-state index is 13.4. The van der Waals surface area contributed by atoms with E-state index in [0.717, 1.165) is 0 Å². The summed E-state index contributed by atoms with van der Waals surface area (Å²) in [6, 6.07) is 0. The fraction of sp³-hybridized carbons (Fsp3) is 0.444. The molecule has 0 spiro atoms. The Balaban J connectivity index is 3.04. The van der Waals surface area contributed by atoms with Crippen LogP contribution in [-0.2, 0) is 0 Å². The molecule has 1 aromatic heterocycles. The maximum absolute atomic E-state index is 13.4. The van der Waals surface area contributed by atoms with Crippen molar-refractivity contribution in [3.63, 3.8) is 0 Å². The predicted molar refractivity (Wildman–Crippen MR) is 56.7 cm³/mol. The lowest BCUT2D eigenvalue weighted by molar-refractivity contribution is -0.154. The standard InChI is InChI=1S/C9H6ClF7N2O2/c10-3-5(20-1-8(12,13)14)4(11)6(18)19-7(3)21-2-9(15,16)17/h1-2H2,(H2,18,19). The zero-order valence-corrected chi connectivity index (χ0v) is 10.5. The van der Waals surface area contributed by atoms with Crippen molar-refractivity contribution in [2.24, 2.45) is 0 Å². The van der Waals surface area contributed by atoms with Gasteiger partial charge in [-0.25, -0.2) is 0 Å². The average molecular weight is 343 g/mol. The van der Waals surface area contributed by atoms with Crippen LogP contribution in [0.1, 0.15) is 0 Å². The quantitative estimate of drug-likeness (QED) is 0.853. The molecule has 0 saturated carbocycles. The number of alkyl halides is 6. The molecule has 120 valence electrons. The van der Waals surface area contributed by atoms with Crippen molar-refractivity contribution in [1.82, 2.24) is 4.98 Å². The molecule has 0 bridgehead atoms. The van der Waals surface area contributed by atoms with E-state index in [0.29, 0.717) is 0 Å². The number of ether oxygens (including phenoxy) is 2. The van der Waals surface area contributed by atoms with Gasteiger partial charge in [-0.15, -0.1) is 0 Å². The van der Waals surface area contributed by atoms with E-state index >= 15 is 0 Å². The summed E-state index contributed by atoms with van der Waals surface area (Å²) in [5, 5.41) is -0.991. The molecule has 0 aliphatic carbocycles. The highest BCUT2D eigenvalue weighted by Crippen LogP contribution is 2.38. The van der Waals surface area contributed by atoms with Crippen LogP contribution in [0.25, 0.3) is 0 Å². The van der Waals surface area contributed by atoms with E-state index < -0.39 is 53.9 Å². The monoisotopic (exact) mass is 342 g/mol. The van der Waals surface area contributed by atoms with Crippen LogP contribution in [0, 0.1) is 5.82 Å². The van der Waals surface area contributed by atoms with Crippen LogP contribution in [-0.4, -0.2) is 30.6 Å². The molecule has 0 aliphatic rings. The molecule has 1 rings (SSSR count). The molecular formula is C9H6ClF7N2O2. The number of halogens is 8. The van der Waals surface area contributed by atoms with Crippen molar-refractivity contribution in [3.05, 3.63) is 10.8 Å². The summed E-state index contributed by atoms with van der Waals surface area (Å²) in [5.74, 6) is -4.75. The predicted octanol–water partition coefficient (Wildman–Crippen LogP) is 3.34. The Bertz CT molecular complexity index is 518. The average Bonchev–Trinajstić information content (AvgIpc) is 2.29. The van der Waals surface area contributed by atoms with Crippen LogP contribution in [0.3, 0.4) is 0 Å². The third kappa shape index (κ3) is 5.33. The summed E-state index contributed by atoms with van der Waals surface area (Å²) in [4.78, 5) is 3.07. The van der Waals surface area contributed by atoms with E-state index in [-0.39, 0.29) is 0 Å². The first kappa shape index (κ1) is 17.4. The molecule has 4 nitrogen and oxygen atoms in total. The molecule has 0 radical (unpaired) electrons. The number of hydrogen-bond acceptors (Lipinski definition) is 4. The number of hydrogen-bond donors (Lipinski definition) is 1. The third-order valence-corrected chi connectivity index (χ3v) is 2.12. The number of aromatic nitrogens is 1. The second-order valence-electron chi connectivity index (χ2n) is 3.57. The van der Waals surface area contributed by atoms with Crippen LogP contribution in [0.2, 0.25) is 5.02 Å². The first-order chi connectivity index (χ1) is 9.41. The van der Waals surface area contributed by atoms with Gasteiger partial charge in [0.15, 0.2) is 24.8 Å². The third-order valence-electron chi connectivity index (χ3n) is 1.79. The first-order valence-electron chi connectivity index (χ1n) is 4.94. The van der Waals surface area contributed by atoms with Crippen LogP contribution in [0.5, 0.6) is 11.6 Å². The molecule has 0 aromatic carbocycles. The van der Waals surface area contributed by atoms with Gasteiger partial charge >= 0.3 is 12.4 Å². The maximum Gasteiger partial charge on any atom is 0.422 e. The van der Waals surface area contributed by atoms with Gasteiger partial charge in [-0.1, -0.05) is 11.6 Å². The van der Waals surface area contributed by atoms with Crippen molar-refractivity contribution in [1.29, 1.82) is 0 Å². The molecule has 21 heavy (non-hydrogen) atoms. The summed E-state index contributed by atoms with van der Waals surface area (Å²) in [6.07, 6.45) is -9.58. The lowest BCUT2D eigenvalue weighted by Crippen LogP contribution is -2.22. The van der Waals surface area contributed by atoms with E-state index in [1.807, 2.05) is 0 Å². The number of rotatable bonds is 4. The van der Waals surface area contributed by atoms with Gasteiger partial charge in [-0.3, -0.25) is 0 Å². The molecule has 0 saturated heterocycles. The second kappa shape index (κ2) is 6.00. The van der Waals surface area contributed by atoms with E-state index in [9.17, 15) is 30.7 Å². The van der Waals surface area contributed by atoms with E-state index in [1.165, 1.54) is 0 Å². The minimum atomic E-state index is -4.82. The van der Waals surface area contributed by atoms with Crippen LogP contribution in [0.15, 0.2) is 0 Å². The van der Waals surface area contributed by atoms with E-state index in [1.54, 1.807) is 0 Å². The van der Waals surface area contributed by atoms with Crippen LogP contribution < -0.4 is 15.2 Å². The van der Waals surface area contributed by atoms with Crippen molar-refractivity contribution < 1.29 is 40.2 Å². The summed E-state index contributed by atoms with van der Waals surface area (Å²) in [6.45, 7) is -3.77. The van der Waals surface area contributed by atoms with Crippen LogP contribution in [0.4, 0.5) is 36.6 Å². The Morgan fingerprint density at radius 3 is 1.95 bits per heavy atom. The van der Waals surface area contributed by atoms with Gasteiger partial charge in [0.2, 0.25) is 11.7 Å². The zero-order valence-electron chi connectivity index (χ0n) is 9.78. The summed E-state index contributed by atoms with van der Waals surface area (Å²) >= 11 is 5.40. The first-order valence-corrected chi connectivity index (χ1v) is 5.32. The molecular weight excluding hydrogens is 337 g/mol. The lowest BCUT2D eigenvalue weighted by Gasteiger charge is -2.15. The Morgan fingerprint density at radius 1 is 1.00 bits per heavy atom. The molecule has 12 heteroatoms. The topological polar surface area (TPSA) is 57.4 Å². The number of anilines is 1. The Labute approximate surface area is 117 Å². The van der Waals surface area contributed by atoms with Crippen molar-refractivity contribution >= 4 is 17.4 Å². The molecule has 1 aromatic rings. The van der Waals surface area contributed by atoms with Gasteiger partial charge in [0.25, 0.3) is 0 Å². The lowest BCUT2D eigenvalue weighted by atomic mass is 10.4. The molecule has 0 fully saturated rings. The minimum Gasteiger partial charge on any atom is -0.479 e. The van der Waals surface area contributed by atoms with E-state index in [2.05, 4.69) is 14.5 Å². The SMILES string of the molecule is Nc1nc(OCC(F)(F)F)c(Cl)c(OCC(F)(F)F)c1F. The van der Waals surface area contributed by atoms with Gasteiger partial charge in [0.05, 0.1) is 0 Å². The normalized spacial score (nSPS) is 12.4. The van der Waals surface area contributed by atoms with Crippen molar-refractivity contribution in [3.8, 4) is 11.6 Å². The summed E-state index contributed by atoms with van der Waals surface area (Å²) < 4.78 is 93.6. The smallest absolute Gasteiger partial charge is 0.422 e. The molecule has 0 atom stereocenters. The van der Waals surface area contributed by atoms with E-state index in [4.69, 9.17) is 17.3 Å². The Morgan fingerprint density at radius 2 is 1.48 bits per heavy atom. The highest BCUT2D eigenvalue weighted by atomic mass is 35.5. The van der Waals surface area contributed by atoms with Gasteiger partial charge < -0.3 is 15.2 Å². The molecule has 0 aliphatic heterocycles. The van der Waals surface area contributed by atoms with Crippen molar-refractivity contribution in [2.45, 2.75) is 12.4 Å². The van der Waals surface area contributed by atoms with Crippen molar-refractivity contribution in [2.75, 3.05) is 18.9 Å². The van der Waals surface area contributed by atoms with Gasteiger partial charge in [-0.05, 0) is 0 Å². The highest BCUT2D eigenvalue weighted by Gasteiger charge is 2.32. The Kier molecular flexibility index (Phi) is 4.97. The van der Waals surface area contributed by atoms with Gasteiger partial charge in [-0.2, -0.15) is 35.7 Å². The number of nitrogens with zero attached hydrogens (tertiary/aromatic N) is 1. The minimum absolute atomic E-state index is 0.991. The van der Waals surface area contributed by atoms with Gasteiger partial charge in [0, 0.05) is 0 Å². The highest BCUT2D eigenvalue weighted by molar-refractivity contribution is 6.33. The molecule has 1 heterocycles. The summed E-state index contributed by atoms with van der Waals surface area (Å²) in [7, 11) is 0. The molecule has 2 N–H and O–H groups in total. The number of nitrogen functional groups attached to an aromatic ring is 1. The second-order valence-corrected chi connectivity index (χ2v) is 3.94. The van der Waals surface area contributed by atoms with Crippen LogP contribution >= 0.6 is 11.6 Å². The largest absolute Gasteiger partial charge is 0.479 e. The summed E-state index contributed by atoms with van der Waals surface area (Å²) in [5.41, 5.74) is 5.00.